The third kappa shape index (κ3) is 4.07. The number of H-pyrrole nitrogens is 1. The summed E-state index contributed by atoms with van der Waals surface area (Å²) in [4.78, 5) is 43.0. The van der Waals surface area contributed by atoms with Gasteiger partial charge in [0.15, 0.2) is 22.7 Å². The fourth-order valence-corrected chi connectivity index (χ4v) is 3.96. The van der Waals surface area contributed by atoms with Crippen LogP contribution >= 0.6 is 0 Å². The number of aromatic amines is 1. The lowest BCUT2D eigenvalue weighted by molar-refractivity contribution is -0.384. The molecule has 5 aromatic rings. The number of nitrogens with zero attached hydrogens (tertiary/aromatic N) is 4. The van der Waals surface area contributed by atoms with Gasteiger partial charge in [0.05, 0.1) is 17.7 Å². The highest BCUT2D eigenvalue weighted by molar-refractivity contribution is 5.76. The quantitative estimate of drug-likeness (QED) is 0.262. The van der Waals surface area contributed by atoms with Crippen molar-refractivity contribution in [1.82, 2.24) is 19.1 Å². The van der Waals surface area contributed by atoms with E-state index >= 15 is 0 Å². The lowest BCUT2D eigenvalue weighted by Gasteiger charge is -2.07. The first-order valence-corrected chi connectivity index (χ1v) is 11.1. The van der Waals surface area contributed by atoms with E-state index in [-0.39, 0.29) is 23.4 Å². The molecule has 0 unspecified atom stereocenters. The number of nitro benzene ring substituents is 1. The van der Waals surface area contributed by atoms with Gasteiger partial charge in [-0.25, -0.2) is 9.78 Å². The minimum atomic E-state index is -0.551. The van der Waals surface area contributed by atoms with Gasteiger partial charge < -0.3 is 13.4 Å². The number of non-ortho nitro benzene ring substituents is 1. The van der Waals surface area contributed by atoms with E-state index in [1.54, 1.807) is 41.0 Å². The molecule has 0 atom stereocenters. The Kier molecular flexibility index (Phi) is 5.65. The van der Waals surface area contributed by atoms with E-state index in [2.05, 4.69) is 9.97 Å². The second kappa shape index (κ2) is 8.93. The highest BCUT2D eigenvalue weighted by atomic mass is 16.6. The molecule has 0 spiro atoms. The normalized spacial score (nSPS) is 11.3. The Morgan fingerprint density at radius 3 is 2.51 bits per heavy atom. The SMILES string of the molecule is CCCCn1c(=O)[nH]c(=O)c2c1nc(-c1ccc(-c3ccc([N+](=O)[O-])cc3)o1)n2Cc1ccco1. The predicted octanol–water partition coefficient (Wildman–Crippen LogP) is 4.16. The van der Waals surface area contributed by atoms with E-state index in [0.717, 1.165) is 12.8 Å². The Morgan fingerprint density at radius 2 is 1.83 bits per heavy atom. The molecule has 0 aliphatic rings. The molecule has 4 heterocycles. The van der Waals surface area contributed by atoms with Gasteiger partial charge in [-0.3, -0.25) is 24.5 Å². The molecule has 1 aromatic carbocycles. The number of nitrogens with one attached hydrogen (secondary N) is 1. The smallest absolute Gasteiger partial charge is 0.330 e. The first-order valence-electron chi connectivity index (χ1n) is 11.1. The molecule has 0 saturated heterocycles. The summed E-state index contributed by atoms with van der Waals surface area (Å²) in [6.07, 6.45) is 3.14. The van der Waals surface area contributed by atoms with Crippen LogP contribution in [0.5, 0.6) is 0 Å². The van der Waals surface area contributed by atoms with E-state index in [4.69, 9.17) is 8.83 Å². The summed E-state index contributed by atoms with van der Waals surface area (Å²) >= 11 is 0. The number of aryl methyl sites for hydroxylation is 1. The molecular formula is C24H21N5O6. The summed E-state index contributed by atoms with van der Waals surface area (Å²) in [6, 6.07) is 12.9. The number of rotatable bonds is 8. The van der Waals surface area contributed by atoms with E-state index in [1.165, 1.54) is 23.0 Å². The zero-order valence-electron chi connectivity index (χ0n) is 18.8. The number of nitro groups is 1. The van der Waals surface area contributed by atoms with Crippen LogP contribution in [0.25, 0.3) is 34.1 Å². The van der Waals surface area contributed by atoms with Crippen LogP contribution in [0.2, 0.25) is 0 Å². The molecule has 0 aliphatic carbocycles. The molecule has 35 heavy (non-hydrogen) atoms. The van der Waals surface area contributed by atoms with E-state index in [1.807, 2.05) is 6.92 Å². The number of benzene rings is 1. The maximum absolute atomic E-state index is 12.9. The molecule has 1 N–H and O–H groups in total. The average molecular weight is 475 g/mol. The minimum Gasteiger partial charge on any atom is -0.467 e. The van der Waals surface area contributed by atoms with Crippen molar-refractivity contribution in [2.45, 2.75) is 32.9 Å². The molecule has 4 aromatic heterocycles. The standard InChI is InChI=1S/C24H21N5O6/c1-2-3-12-27-22-20(23(30)26-24(27)31)28(14-17-5-4-13-34-17)21(25-22)19-11-10-18(35-19)15-6-8-16(9-7-15)29(32)33/h4-11,13H,2-3,12,14H2,1H3,(H,26,30,31). The van der Waals surface area contributed by atoms with Gasteiger partial charge in [-0.2, -0.15) is 0 Å². The Balaban J connectivity index is 1.67. The molecule has 0 amide bonds. The van der Waals surface area contributed by atoms with Crippen molar-refractivity contribution in [2.24, 2.45) is 0 Å². The van der Waals surface area contributed by atoms with Crippen LogP contribution in [0.15, 0.2) is 73.2 Å². The number of fused-ring (bicyclic) bond motifs is 1. The Labute approximate surface area is 197 Å². The van der Waals surface area contributed by atoms with Gasteiger partial charge >= 0.3 is 5.69 Å². The maximum Gasteiger partial charge on any atom is 0.330 e. The molecule has 0 bridgehead atoms. The highest BCUT2D eigenvalue weighted by Gasteiger charge is 2.22. The largest absolute Gasteiger partial charge is 0.467 e. The van der Waals surface area contributed by atoms with Crippen LogP contribution in [0.3, 0.4) is 0 Å². The van der Waals surface area contributed by atoms with Gasteiger partial charge in [0, 0.05) is 24.2 Å². The molecule has 11 heteroatoms. The average Bonchev–Trinajstić information content (AvgIpc) is 3.60. The van der Waals surface area contributed by atoms with Crippen LogP contribution in [0.1, 0.15) is 25.5 Å². The number of hydrogen-bond donors (Lipinski definition) is 1. The van der Waals surface area contributed by atoms with Crippen molar-refractivity contribution in [1.29, 1.82) is 0 Å². The minimum absolute atomic E-state index is 0.0231. The lowest BCUT2D eigenvalue weighted by atomic mass is 10.1. The second-order valence-electron chi connectivity index (χ2n) is 8.01. The van der Waals surface area contributed by atoms with Crippen molar-refractivity contribution >= 4 is 16.9 Å². The Hall–Kier alpha value is -4.67. The zero-order chi connectivity index (χ0) is 24.5. The van der Waals surface area contributed by atoms with Gasteiger partial charge in [-0.1, -0.05) is 13.3 Å². The Bertz CT molecular complexity index is 1620. The van der Waals surface area contributed by atoms with Crippen molar-refractivity contribution in [3.05, 3.63) is 91.5 Å². The summed E-state index contributed by atoms with van der Waals surface area (Å²) < 4.78 is 14.7. The van der Waals surface area contributed by atoms with Gasteiger partial charge in [0.1, 0.15) is 11.5 Å². The van der Waals surface area contributed by atoms with Gasteiger partial charge in [0.2, 0.25) is 0 Å². The van der Waals surface area contributed by atoms with E-state index < -0.39 is 16.2 Å². The second-order valence-corrected chi connectivity index (χ2v) is 8.01. The van der Waals surface area contributed by atoms with Gasteiger partial charge in [0.25, 0.3) is 11.2 Å². The molecular weight excluding hydrogens is 454 g/mol. The summed E-state index contributed by atoms with van der Waals surface area (Å²) in [7, 11) is 0. The molecule has 0 radical (unpaired) electrons. The van der Waals surface area contributed by atoms with Crippen LogP contribution in [0.4, 0.5) is 5.69 Å². The number of imidazole rings is 1. The number of unbranched alkanes of at least 4 members (excludes halogenated alkanes) is 1. The van der Waals surface area contributed by atoms with Crippen LogP contribution < -0.4 is 11.2 Å². The van der Waals surface area contributed by atoms with Crippen molar-refractivity contribution in [2.75, 3.05) is 0 Å². The molecule has 0 fully saturated rings. The van der Waals surface area contributed by atoms with Crippen LogP contribution in [0, 0.1) is 10.1 Å². The van der Waals surface area contributed by atoms with Crippen LogP contribution in [-0.4, -0.2) is 24.0 Å². The summed E-state index contributed by atoms with van der Waals surface area (Å²) in [6.45, 7) is 2.62. The molecule has 0 saturated carbocycles. The number of hydrogen-bond acceptors (Lipinski definition) is 7. The fourth-order valence-electron chi connectivity index (χ4n) is 3.96. The monoisotopic (exact) mass is 475 g/mol. The summed E-state index contributed by atoms with van der Waals surface area (Å²) in [5, 5.41) is 10.9. The van der Waals surface area contributed by atoms with Crippen LogP contribution in [-0.2, 0) is 13.1 Å². The first-order chi connectivity index (χ1) is 17.0. The third-order valence-corrected chi connectivity index (χ3v) is 5.70. The molecule has 5 rings (SSSR count). The highest BCUT2D eigenvalue weighted by Crippen LogP contribution is 2.31. The maximum atomic E-state index is 12.9. The number of furan rings is 2. The van der Waals surface area contributed by atoms with Gasteiger partial charge in [-0.05, 0) is 42.8 Å². The first kappa shape index (κ1) is 22.1. The van der Waals surface area contributed by atoms with E-state index in [0.29, 0.717) is 35.2 Å². The van der Waals surface area contributed by atoms with E-state index in [9.17, 15) is 19.7 Å². The molecule has 0 aliphatic heterocycles. The number of aromatic nitrogens is 4. The van der Waals surface area contributed by atoms with Gasteiger partial charge in [-0.15, -0.1) is 0 Å². The van der Waals surface area contributed by atoms with Crippen molar-refractivity contribution in [3.63, 3.8) is 0 Å². The molecule has 11 nitrogen and oxygen atoms in total. The summed E-state index contributed by atoms with van der Waals surface area (Å²) in [5.74, 6) is 1.79. The zero-order valence-corrected chi connectivity index (χ0v) is 18.8. The van der Waals surface area contributed by atoms with Crippen molar-refractivity contribution < 1.29 is 13.8 Å². The third-order valence-electron chi connectivity index (χ3n) is 5.70. The fraction of sp³-hybridized carbons (Fsp3) is 0.208. The lowest BCUT2D eigenvalue weighted by Crippen LogP contribution is -2.31. The Morgan fingerprint density at radius 1 is 1.06 bits per heavy atom. The summed E-state index contributed by atoms with van der Waals surface area (Å²) in [5.41, 5.74) is 0.0575. The predicted molar refractivity (Wildman–Crippen MR) is 127 cm³/mol. The van der Waals surface area contributed by atoms with Crippen molar-refractivity contribution in [3.8, 4) is 22.9 Å². The molecule has 178 valence electrons. The topological polar surface area (TPSA) is 142 Å².